The number of esters is 1. The number of alkyl halides is 3. The third-order valence-corrected chi connectivity index (χ3v) is 7.58. The maximum Gasteiger partial charge on any atom is 0.416 e. The highest BCUT2D eigenvalue weighted by atomic mass is 19.4. The first-order valence-electron chi connectivity index (χ1n) is 13.4. The number of carbonyl (C=O) groups is 1. The first-order chi connectivity index (χ1) is 18.8. The van der Waals surface area contributed by atoms with Gasteiger partial charge < -0.3 is 24.7 Å². The third kappa shape index (κ3) is 6.55. The molecular weight excluding hydrogens is 509 g/mol. The second kappa shape index (κ2) is 11.7. The van der Waals surface area contributed by atoms with Crippen molar-refractivity contribution >= 4 is 17.7 Å². The lowest BCUT2D eigenvalue weighted by Crippen LogP contribution is -2.54. The van der Waals surface area contributed by atoms with Gasteiger partial charge in [0, 0.05) is 42.5 Å². The Balaban J connectivity index is 1.22. The van der Waals surface area contributed by atoms with Crippen molar-refractivity contribution in [3.05, 3.63) is 65.9 Å². The average molecular weight is 543 g/mol. The number of anilines is 2. The molecule has 2 aliphatic rings. The van der Waals surface area contributed by atoms with E-state index in [2.05, 4.69) is 20.5 Å². The normalized spacial score (nSPS) is 21.9. The van der Waals surface area contributed by atoms with E-state index in [-0.39, 0.29) is 18.1 Å². The number of hydrogen-bond acceptors (Lipinski definition) is 7. The first-order valence-corrected chi connectivity index (χ1v) is 13.4. The Morgan fingerprint density at radius 2 is 1.82 bits per heavy atom. The molecule has 2 fully saturated rings. The number of halogens is 3. The van der Waals surface area contributed by atoms with Gasteiger partial charge in [-0.25, -0.2) is 9.78 Å². The van der Waals surface area contributed by atoms with Gasteiger partial charge in [-0.2, -0.15) is 13.2 Å². The lowest BCUT2D eigenvalue weighted by Gasteiger charge is -2.40. The zero-order valence-electron chi connectivity index (χ0n) is 21.8. The summed E-state index contributed by atoms with van der Waals surface area (Å²) in [4.78, 5) is 18.5. The van der Waals surface area contributed by atoms with Crippen LogP contribution < -0.4 is 15.5 Å². The molecule has 39 heavy (non-hydrogen) atoms. The number of oxazole rings is 1. The van der Waals surface area contributed by atoms with Crippen LogP contribution in [0.1, 0.15) is 54.4 Å². The Kier molecular flexibility index (Phi) is 8.11. The van der Waals surface area contributed by atoms with Crippen molar-refractivity contribution in [3.63, 3.8) is 0 Å². The molecule has 1 saturated carbocycles. The highest BCUT2D eigenvalue weighted by Gasteiger charge is 2.32. The molecule has 2 N–H and O–H groups in total. The number of ether oxygens (including phenoxy) is 1. The van der Waals surface area contributed by atoms with Gasteiger partial charge >= 0.3 is 12.1 Å². The van der Waals surface area contributed by atoms with E-state index < -0.39 is 17.7 Å². The van der Waals surface area contributed by atoms with Crippen molar-refractivity contribution in [2.24, 2.45) is 0 Å². The molecule has 5 rings (SSSR count). The van der Waals surface area contributed by atoms with Crippen LogP contribution >= 0.6 is 0 Å². The standard InChI is InChI=1S/C29H33F3N4O3/c1-38-27(37)20-7-4-6-19(16-20)26-17-33-28(39-26)35-25-10-3-2-9-24(25)34-22-8-5-15-36(18-22)23-13-11-21(12-14-23)29(30,31)32/h4,6-7,11-14,16-17,22,24-25,34H,2-3,5,8-10,15,18H2,1H3,(H,33,35)/t22?,24-,25-/m1/s1. The molecule has 208 valence electrons. The number of nitrogens with zero attached hydrogens (tertiary/aromatic N) is 2. The monoisotopic (exact) mass is 542 g/mol. The number of carbonyl (C=O) groups excluding carboxylic acids is 1. The second-order valence-electron chi connectivity index (χ2n) is 10.2. The van der Waals surface area contributed by atoms with Gasteiger partial charge in [-0.1, -0.05) is 25.0 Å². The highest BCUT2D eigenvalue weighted by Crippen LogP contribution is 2.32. The van der Waals surface area contributed by atoms with E-state index in [0.29, 0.717) is 17.3 Å². The number of aromatic nitrogens is 1. The molecule has 0 spiro atoms. The first kappa shape index (κ1) is 27.1. The van der Waals surface area contributed by atoms with Crippen molar-refractivity contribution in [2.75, 3.05) is 30.4 Å². The summed E-state index contributed by atoms with van der Waals surface area (Å²) in [5.41, 5.74) is 1.37. The topological polar surface area (TPSA) is 79.6 Å². The van der Waals surface area contributed by atoms with E-state index in [9.17, 15) is 18.0 Å². The van der Waals surface area contributed by atoms with Crippen molar-refractivity contribution < 1.29 is 27.1 Å². The molecule has 3 atom stereocenters. The van der Waals surface area contributed by atoms with Crippen molar-refractivity contribution in [2.45, 2.75) is 62.8 Å². The quantitative estimate of drug-likeness (QED) is 0.348. The van der Waals surface area contributed by atoms with Crippen LogP contribution in [0.5, 0.6) is 0 Å². The molecule has 2 heterocycles. The Bertz CT molecular complexity index is 1260. The van der Waals surface area contributed by atoms with Crippen LogP contribution in [-0.4, -0.2) is 49.3 Å². The molecule has 1 aromatic heterocycles. The summed E-state index contributed by atoms with van der Waals surface area (Å²) < 4.78 is 49.7. The molecule has 0 radical (unpaired) electrons. The van der Waals surface area contributed by atoms with Gasteiger partial charge in [0.25, 0.3) is 6.01 Å². The maximum absolute atomic E-state index is 13.0. The third-order valence-electron chi connectivity index (χ3n) is 7.58. The average Bonchev–Trinajstić information content (AvgIpc) is 3.42. The smallest absolute Gasteiger partial charge is 0.416 e. The van der Waals surface area contributed by atoms with Crippen molar-refractivity contribution in [3.8, 4) is 11.3 Å². The number of benzene rings is 2. The van der Waals surface area contributed by atoms with Gasteiger partial charge in [0.2, 0.25) is 0 Å². The minimum Gasteiger partial charge on any atom is -0.465 e. The summed E-state index contributed by atoms with van der Waals surface area (Å²) in [6, 6.07) is 13.5. The summed E-state index contributed by atoms with van der Waals surface area (Å²) in [5, 5.41) is 7.29. The van der Waals surface area contributed by atoms with Gasteiger partial charge in [-0.15, -0.1) is 0 Å². The minimum absolute atomic E-state index is 0.132. The van der Waals surface area contributed by atoms with E-state index in [1.165, 1.54) is 7.11 Å². The number of piperidine rings is 1. The fraction of sp³-hybridized carbons (Fsp3) is 0.448. The number of methoxy groups -OCH3 is 1. The van der Waals surface area contributed by atoms with Crippen LogP contribution in [0.15, 0.2) is 59.1 Å². The van der Waals surface area contributed by atoms with Crippen LogP contribution in [0.2, 0.25) is 0 Å². The molecule has 1 unspecified atom stereocenters. The van der Waals surface area contributed by atoms with Crippen LogP contribution in [0.25, 0.3) is 11.3 Å². The molecule has 1 saturated heterocycles. The van der Waals surface area contributed by atoms with Gasteiger partial charge in [0.05, 0.1) is 24.4 Å². The number of hydrogen-bond donors (Lipinski definition) is 2. The lowest BCUT2D eigenvalue weighted by molar-refractivity contribution is -0.137. The Morgan fingerprint density at radius 1 is 1.05 bits per heavy atom. The summed E-state index contributed by atoms with van der Waals surface area (Å²) in [7, 11) is 1.35. The molecule has 3 aromatic rings. The van der Waals surface area contributed by atoms with E-state index in [0.717, 1.165) is 75.0 Å². The molecule has 0 bridgehead atoms. The molecule has 1 aliphatic heterocycles. The molecule has 7 nitrogen and oxygen atoms in total. The second-order valence-corrected chi connectivity index (χ2v) is 10.2. The van der Waals surface area contributed by atoms with Gasteiger partial charge in [-0.3, -0.25) is 0 Å². The Labute approximate surface area is 225 Å². The summed E-state index contributed by atoms with van der Waals surface area (Å²) in [5.74, 6) is 0.147. The highest BCUT2D eigenvalue weighted by molar-refractivity contribution is 5.90. The molecule has 10 heteroatoms. The van der Waals surface area contributed by atoms with Crippen molar-refractivity contribution in [1.29, 1.82) is 0 Å². The van der Waals surface area contributed by atoms with Crippen LogP contribution in [0, 0.1) is 0 Å². The fourth-order valence-corrected chi connectivity index (χ4v) is 5.56. The fourth-order valence-electron chi connectivity index (χ4n) is 5.56. The van der Waals surface area contributed by atoms with E-state index in [1.807, 2.05) is 6.07 Å². The summed E-state index contributed by atoms with van der Waals surface area (Å²) in [6.07, 6.45) is 3.52. The van der Waals surface area contributed by atoms with Crippen LogP contribution in [0.3, 0.4) is 0 Å². The molecule has 1 aliphatic carbocycles. The largest absolute Gasteiger partial charge is 0.465 e. The zero-order valence-corrected chi connectivity index (χ0v) is 21.8. The molecular formula is C29H33F3N4O3. The summed E-state index contributed by atoms with van der Waals surface area (Å²) in [6.45, 7) is 1.57. The zero-order chi connectivity index (χ0) is 27.4. The molecule has 0 amide bonds. The minimum atomic E-state index is -4.33. The van der Waals surface area contributed by atoms with E-state index >= 15 is 0 Å². The molecule has 2 aromatic carbocycles. The summed E-state index contributed by atoms with van der Waals surface area (Å²) >= 11 is 0. The van der Waals surface area contributed by atoms with Crippen molar-refractivity contribution in [1.82, 2.24) is 10.3 Å². The Morgan fingerprint density at radius 3 is 2.56 bits per heavy atom. The number of nitrogens with one attached hydrogen (secondary N) is 2. The number of rotatable bonds is 7. The van der Waals surface area contributed by atoms with E-state index in [4.69, 9.17) is 9.15 Å². The predicted molar refractivity (Wildman–Crippen MR) is 143 cm³/mol. The van der Waals surface area contributed by atoms with Crippen LogP contribution in [0.4, 0.5) is 24.9 Å². The van der Waals surface area contributed by atoms with E-state index in [1.54, 1.807) is 36.5 Å². The van der Waals surface area contributed by atoms with Gasteiger partial charge in [0.1, 0.15) is 0 Å². The predicted octanol–water partition coefficient (Wildman–Crippen LogP) is 6.13. The maximum atomic E-state index is 13.0. The van der Waals surface area contributed by atoms with Gasteiger partial charge in [0.15, 0.2) is 5.76 Å². The Hall–Kier alpha value is -3.53. The van der Waals surface area contributed by atoms with Crippen LogP contribution in [-0.2, 0) is 10.9 Å². The SMILES string of the molecule is COC(=O)c1cccc(-c2cnc(N[C@@H]3CCCC[C@H]3NC3CCCN(c4ccc(C(F)(F)F)cc4)C3)o2)c1. The lowest BCUT2D eigenvalue weighted by atomic mass is 9.89. The van der Waals surface area contributed by atoms with Gasteiger partial charge in [-0.05, 0) is 62.1 Å².